The van der Waals surface area contributed by atoms with Crippen LogP contribution >= 0.6 is 0 Å². The maximum Gasteiger partial charge on any atom is 0.458 e. The third kappa shape index (κ3) is 3.17. The first kappa shape index (κ1) is 15.3. The van der Waals surface area contributed by atoms with E-state index in [0.717, 1.165) is 13.4 Å². The SMILES string of the molecule is C[n+]1cn(Cc2ccccn2)c(C(F)(F)F)c1C(F)(F)F. The fraction of sp³-hybridized carbons (Fsp3) is 0.333. The van der Waals surface area contributed by atoms with Crippen LogP contribution in [0.25, 0.3) is 0 Å². The van der Waals surface area contributed by atoms with E-state index < -0.39 is 30.3 Å². The van der Waals surface area contributed by atoms with Gasteiger partial charge < -0.3 is 0 Å². The Morgan fingerprint density at radius 3 is 2.24 bits per heavy atom. The normalized spacial score (nSPS) is 12.7. The predicted molar refractivity (Wildman–Crippen MR) is 59.0 cm³/mol. The molecule has 2 rings (SSSR count). The fourth-order valence-corrected chi connectivity index (χ4v) is 2.04. The van der Waals surface area contributed by atoms with Gasteiger partial charge in [0.1, 0.15) is 6.54 Å². The molecule has 0 aromatic carbocycles. The molecule has 0 amide bonds. The summed E-state index contributed by atoms with van der Waals surface area (Å²) in [6.07, 6.45) is -8.10. The number of imidazole rings is 1. The Morgan fingerprint density at radius 2 is 1.76 bits per heavy atom. The van der Waals surface area contributed by atoms with Crippen molar-refractivity contribution >= 4 is 0 Å². The smallest absolute Gasteiger partial charge is 0.257 e. The molecule has 0 saturated heterocycles. The number of aromatic nitrogens is 3. The molecule has 0 N–H and O–H groups in total. The minimum Gasteiger partial charge on any atom is -0.257 e. The zero-order valence-electron chi connectivity index (χ0n) is 10.7. The Kier molecular flexibility index (Phi) is 3.68. The van der Waals surface area contributed by atoms with Gasteiger partial charge in [-0.25, -0.2) is 9.13 Å². The van der Waals surface area contributed by atoms with Gasteiger partial charge in [0.2, 0.25) is 6.33 Å². The van der Waals surface area contributed by atoms with Crippen LogP contribution in [0.15, 0.2) is 30.7 Å². The first-order chi connectivity index (χ1) is 9.60. The Hall–Kier alpha value is -2.06. The van der Waals surface area contributed by atoms with E-state index in [2.05, 4.69) is 4.98 Å². The van der Waals surface area contributed by atoms with Crippen LogP contribution in [0.1, 0.15) is 17.1 Å². The van der Waals surface area contributed by atoms with Crippen molar-refractivity contribution in [3.05, 3.63) is 47.8 Å². The lowest BCUT2D eigenvalue weighted by molar-refractivity contribution is -0.690. The summed E-state index contributed by atoms with van der Waals surface area (Å²) in [6, 6.07) is 4.54. The molecular weight excluding hydrogens is 300 g/mol. The van der Waals surface area contributed by atoms with Gasteiger partial charge in [0.15, 0.2) is 0 Å². The number of rotatable bonds is 2. The van der Waals surface area contributed by atoms with Crippen molar-refractivity contribution < 1.29 is 30.9 Å². The highest BCUT2D eigenvalue weighted by Gasteiger charge is 2.53. The molecule has 0 saturated carbocycles. The van der Waals surface area contributed by atoms with Crippen LogP contribution in [-0.4, -0.2) is 9.55 Å². The lowest BCUT2D eigenvalue weighted by Crippen LogP contribution is -2.36. The van der Waals surface area contributed by atoms with E-state index in [4.69, 9.17) is 0 Å². The topological polar surface area (TPSA) is 21.7 Å². The van der Waals surface area contributed by atoms with E-state index in [1.807, 2.05) is 0 Å². The summed E-state index contributed by atoms with van der Waals surface area (Å²) < 4.78 is 78.5. The molecule has 0 atom stereocenters. The molecule has 0 fully saturated rings. The zero-order valence-corrected chi connectivity index (χ0v) is 10.7. The summed E-state index contributed by atoms with van der Waals surface area (Å²) in [4.78, 5) is 3.82. The van der Waals surface area contributed by atoms with Crippen LogP contribution in [0, 0.1) is 0 Å². The van der Waals surface area contributed by atoms with Crippen molar-refractivity contribution in [2.75, 3.05) is 0 Å². The monoisotopic (exact) mass is 310 g/mol. The van der Waals surface area contributed by atoms with E-state index >= 15 is 0 Å². The lowest BCUT2D eigenvalue weighted by Gasteiger charge is -2.09. The van der Waals surface area contributed by atoms with E-state index in [9.17, 15) is 26.3 Å². The second-order valence-electron chi connectivity index (χ2n) is 4.37. The van der Waals surface area contributed by atoms with Gasteiger partial charge in [0.25, 0.3) is 11.4 Å². The largest absolute Gasteiger partial charge is 0.458 e. The van der Waals surface area contributed by atoms with Crippen LogP contribution in [-0.2, 0) is 25.9 Å². The summed E-state index contributed by atoms with van der Waals surface area (Å²) in [6.45, 7) is -0.403. The standard InChI is InChI=1S/C12H10F6N3/c1-20-7-21(6-8-4-2-3-5-19-8)10(12(16,17)18)9(20)11(13,14)15/h2-5,7H,6H2,1H3/q+1. The van der Waals surface area contributed by atoms with Crippen molar-refractivity contribution in [2.24, 2.45) is 7.05 Å². The van der Waals surface area contributed by atoms with Gasteiger partial charge in [0, 0.05) is 6.20 Å². The number of hydrogen-bond donors (Lipinski definition) is 0. The van der Waals surface area contributed by atoms with Gasteiger partial charge in [0.05, 0.1) is 12.7 Å². The summed E-state index contributed by atoms with van der Waals surface area (Å²) in [5.41, 5.74) is -3.23. The molecule has 0 unspecified atom stereocenters. The Balaban J connectivity index is 2.57. The fourth-order valence-electron chi connectivity index (χ4n) is 2.04. The van der Waals surface area contributed by atoms with Gasteiger partial charge in [-0.1, -0.05) is 6.07 Å². The highest BCUT2D eigenvalue weighted by molar-refractivity contribution is 5.17. The molecule has 21 heavy (non-hydrogen) atoms. The number of hydrogen-bond acceptors (Lipinski definition) is 1. The predicted octanol–water partition coefficient (Wildman–Crippen LogP) is 2.79. The van der Waals surface area contributed by atoms with Crippen molar-refractivity contribution in [1.29, 1.82) is 0 Å². The van der Waals surface area contributed by atoms with Gasteiger partial charge >= 0.3 is 12.4 Å². The summed E-state index contributed by atoms with van der Waals surface area (Å²) in [5, 5.41) is 0. The van der Waals surface area contributed by atoms with Gasteiger partial charge in [-0.3, -0.25) is 4.98 Å². The minimum atomic E-state index is -5.12. The molecule has 2 aromatic rings. The number of aryl methyl sites for hydroxylation is 1. The van der Waals surface area contributed by atoms with Gasteiger partial charge in [-0.15, -0.1) is 0 Å². The maximum absolute atomic E-state index is 13.0. The van der Waals surface area contributed by atoms with Gasteiger partial charge in [-0.05, 0) is 12.1 Å². The molecule has 0 aliphatic rings. The van der Waals surface area contributed by atoms with E-state index in [-0.39, 0.29) is 5.69 Å². The van der Waals surface area contributed by atoms with Crippen molar-refractivity contribution in [3.63, 3.8) is 0 Å². The molecule has 0 aliphatic heterocycles. The highest BCUT2D eigenvalue weighted by Crippen LogP contribution is 2.38. The first-order valence-corrected chi connectivity index (χ1v) is 5.73. The van der Waals surface area contributed by atoms with Crippen LogP contribution < -0.4 is 4.57 Å². The second kappa shape index (κ2) is 5.05. The lowest BCUT2D eigenvalue weighted by atomic mass is 10.2. The molecule has 0 spiro atoms. The van der Waals surface area contributed by atoms with Crippen LogP contribution in [0.4, 0.5) is 26.3 Å². The summed E-state index contributed by atoms with van der Waals surface area (Å²) in [7, 11) is 0.924. The molecule has 0 aliphatic carbocycles. The Bertz CT molecular complexity index is 627. The number of pyridine rings is 1. The quantitative estimate of drug-likeness (QED) is 0.617. The van der Waals surface area contributed by atoms with Crippen molar-refractivity contribution in [2.45, 2.75) is 18.9 Å². The van der Waals surface area contributed by atoms with E-state index in [0.29, 0.717) is 9.13 Å². The maximum atomic E-state index is 13.0. The average Bonchev–Trinajstić information content (AvgIpc) is 2.66. The van der Waals surface area contributed by atoms with Crippen LogP contribution in [0.2, 0.25) is 0 Å². The molecule has 2 aromatic heterocycles. The molecular formula is C12H10F6N3+. The third-order valence-electron chi connectivity index (χ3n) is 2.77. The summed E-state index contributed by atoms with van der Waals surface area (Å²) in [5.74, 6) is 0. The van der Waals surface area contributed by atoms with E-state index in [1.54, 1.807) is 12.1 Å². The van der Waals surface area contributed by atoms with Crippen LogP contribution in [0.3, 0.4) is 0 Å². The van der Waals surface area contributed by atoms with E-state index in [1.165, 1.54) is 12.3 Å². The number of alkyl halides is 6. The second-order valence-corrected chi connectivity index (χ2v) is 4.37. The Morgan fingerprint density at radius 1 is 1.10 bits per heavy atom. The van der Waals surface area contributed by atoms with Crippen LogP contribution in [0.5, 0.6) is 0 Å². The van der Waals surface area contributed by atoms with Crippen molar-refractivity contribution in [3.8, 4) is 0 Å². The summed E-state index contributed by atoms with van der Waals surface area (Å²) >= 11 is 0. The molecule has 0 bridgehead atoms. The zero-order chi connectivity index (χ0) is 15.8. The number of halogens is 6. The first-order valence-electron chi connectivity index (χ1n) is 5.73. The highest BCUT2D eigenvalue weighted by atomic mass is 19.4. The molecule has 2 heterocycles. The Labute approximate surface area is 115 Å². The molecule has 0 radical (unpaired) electrons. The van der Waals surface area contributed by atoms with Gasteiger partial charge in [-0.2, -0.15) is 26.3 Å². The molecule has 3 nitrogen and oxygen atoms in total. The molecule has 114 valence electrons. The average molecular weight is 310 g/mol. The third-order valence-corrected chi connectivity index (χ3v) is 2.77. The molecule has 9 heteroatoms. The van der Waals surface area contributed by atoms with Crippen molar-refractivity contribution in [1.82, 2.24) is 9.55 Å². The number of nitrogens with zero attached hydrogens (tertiary/aromatic N) is 3. The minimum absolute atomic E-state index is 0.229.